The number of rotatable bonds is 6. The number of benzene rings is 3. The molecule has 1 heterocycles. The summed E-state index contributed by atoms with van der Waals surface area (Å²) in [5.74, 6) is -0.708. The van der Waals surface area contributed by atoms with Gasteiger partial charge in [0.15, 0.2) is 4.91 Å². The van der Waals surface area contributed by atoms with Crippen molar-refractivity contribution in [3.63, 3.8) is 0 Å². The summed E-state index contributed by atoms with van der Waals surface area (Å²) in [6.07, 6.45) is 0. The van der Waals surface area contributed by atoms with Crippen LogP contribution in [0.25, 0.3) is 5.57 Å². The number of hydrogen-bond donors (Lipinski definition) is 1. The van der Waals surface area contributed by atoms with Crippen molar-refractivity contribution in [3.05, 3.63) is 99.7 Å². The van der Waals surface area contributed by atoms with E-state index in [2.05, 4.69) is 5.32 Å². The van der Waals surface area contributed by atoms with Gasteiger partial charge in [-0.25, -0.2) is 12.8 Å². The van der Waals surface area contributed by atoms with E-state index in [0.29, 0.717) is 27.6 Å². The summed E-state index contributed by atoms with van der Waals surface area (Å²) in [6.45, 7) is 0.118. The van der Waals surface area contributed by atoms with Gasteiger partial charge in [0.05, 0.1) is 12.2 Å². The Bertz CT molecular complexity index is 1330. The molecule has 0 aliphatic carbocycles. The Kier molecular flexibility index (Phi) is 6.40. The molecular weight excluding hydrogens is 467 g/mol. The van der Waals surface area contributed by atoms with Crippen LogP contribution in [-0.2, 0) is 14.8 Å². The zero-order chi connectivity index (χ0) is 23.6. The van der Waals surface area contributed by atoms with E-state index in [1.54, 1.807) is 48.5 Å². The van der Waals surface area contributed by atoms with E-state index in [4.69, 9.17) is 16.3 Å². The van der Waals surface area contributed by atoms with E-state index in [1.165, 1.54) is 31.3 Å². The number of sulfonamides is 1. The number of nitrogens with zero attached hydrogens (tertiary/aromatic N) is 1. The van der Waals surface area contributed by atoms with E-state index in [9.17, 15) is 17.6 Å². The molecule has 0 spiro atoms. The molecule has 33 heavy (non-hydrogen) atoms. The lowest BCUT2D eigenvalue weighted by molar-refractivity contribution is -0.116. The van der Waals surface area contributed by atoms with Crippen molar-refractivity contribution < 1.29 is 22.3 Å². The Morgan fingerprint density at radius 2 is 1.76 bits per heavy atom. The Morgan fingerprint density at radius 1 is 1.06 bits per heavy atom. The van der Waals surface area contributed by atoms with E-state index in [0.717, 1.165) is 4.31 Å². The minimum atomic E-state index is -4.14. The van der Waals surface area contributed by atoms with Crippen LogP contribution in [-0.4, -0.2) is 34.5 Å². The zero-order valence-corrected chi connectivity index (χ0v) is 19.2. The van der Waals surface area contributed by atoms with Crippen molar-refractivity contribution in [1.82, 2.24) is 5.32 Å². The first-order chi connectivity index (χ1) is 15.8. The fraction of sp³-hybridized carbons (Fsp3) is 0.125. The normalized spacial score (nSPS) is 14.6. The average Bonchev–Trinajstić information content (AvgIpc) is 2.80. The maximum Gasteiger partial charge on any atom is 0.270 e. The smallest absolute Gasteiger partial charge is 0.270 e. The number of hydrogen-bond acceptors (Lipinski definition) is 4. The summed E-state index contributed by atoms with van der Waals surface area (Å²) in [4.78, 5) is 12.8. The Hall–Kier alpha value is -3.36. The Morgan fingerprint density at radius 3 is 2.45 bits per heavy atom. The standard InChI is InChI=1S/C24H20ClFN2O4S/c1-28-21-12-7-17(25)15-20(21)22(16-5-3-2-4-6-16)23(33(28,30)31)24(29)27-13-14-32-19-10-8-18(26)9-11-19/h2-12,15H,13-14H2,1H3,(H,27,29). The molecule has 0 atom stereocenters. The third-order valence-corrected chi connectivity index (χ3v) is 7.21. The number of nitrogens with one attached hydrogen (secondary N) is 1. The number of carbonyl (C=O) groups is 1. The van der Waals surface area contributed by atoms with E-state index in [1.807, 2.05) is 0 Å². The molecule has 1 aliphatic rings. The first-order valence-electron chi connectivity index (χ1n) is 10.0. The van der Waals surface area contributed by atoms with Gasteiger partial charge in [0, 0.05) is 23.2 Å². The van der Waals surface area contributed by atoms with Crippen LogP contribution in [0.15, 0.2) is 77.7 Å². The number of anilines is 1. The van der Waals surface area contributed by atoms with Crippen molar-refractivity contribution in [3.8, 4) is 5.75 Å². The van der Waals surface area contributed by atoms with Crippen LogP contribution in [0, 0.1) is 5.82 Å². The molecule has 0 radical (unpaired) electrons. The molecule has 0 unspecified atom stereocenters. The molecule has 1 aliphatic heterocycles. The number of halogens is 2. The van der Waals surface area contributed by atoms with Gasteiger partial charge >= 0.3 is 0 Å². The van der Waals surface area contributed by atoms with Gasteiger partial charge in [0.1, 0.15) is 18.2 Å². The predicted octanol–water partition coefficient (Wildman–Crippen LogP) is 4.21. The third-order valence-electron chi connectivity index (χ3n) is 5.15. The fourth-order valence-corrected chi connectivity index (χ4v) is 5.22. The van der Waals surface area contributed by atoms with Gasteiger partial charge in [0.25, 0.3) is 15.9 Å². The van der Waals surface area contributed by atoms with E-state index < -0.39 is 15.9 Å². The molecule has 0 aromatic heterocycles. The van der Waals surface area contributed by atoms with Gasteiger partial charge in [-0.1, -0.05) is 41.9 Å². The summed E-state index contributed by atoms with van der Waals surface area (Å²) < 4.78 is 46.3. The summed E-state index contributed by atoms with van der Waals surface area (Å²) in [5, 5.41) is 3.04. The van der Waals surface area contributed by atoms with Crippen LogP contribution in [0.5, 0.6) is 5.75 Å². The van der Waals surface area contributed by atoms with Gasteiger partial charge in [-0.15, -0.1) is 0 Å². The maximum absolute atomic E-state index is 13.4. The van der Waals surface area contributed by atoms with Gasteiger partial charge < -0.3 is 10.1 Å². The number of ether oxygens (including phenoxy) is 1. The number of fused-ring (bicyclic) bond motifs is 1. The van der Waals surface area contributed by atoms with Crippen LogP contribution < -0.4 is 14.4 Å². The van der Waals surface area contributed by atoms with Gasteiger partial charge in [0.2, 0.25) is 0 Å². The van der Waals surface area contributed by atoms with Crippen LogP contribution in [0.4, 0.5) is 10.1 Å². The fourth-order valence-electron chi connectivity index (χ4n) is 3.57. The molecule has 6 nitrogen and oxygen atoms in total. The second-order valence-corrected chi connectivity index (χ2v) is 9.60. The summed E-state index contributed by atoms with van der Waals surface area (Å²) in [5.41, 5.74) is 1.82. The van der Waals surface area contributed by atoms with Gasteiger partial charge in [-0.3, -0.25) is 9.10 Å². The molecule has 1 amide bonds. The highest BCUT2D eigenvalue weighted by molar-refractivity contribution is 7.97. The number of amides is 1. The summed E-state index contributed by atoms with van der Waals surface area (Å²) in [7, 11) is -2.75. The molecule has 0 saturated carbocycles. The first kappa shape index (κ1) is 22.8. The molecular formula is C24H20ClFN2O4S. The molecule has 3 aromatic rings. The second kappa shape index (κ2) is 9.25. The first-order valence-corrected chi connectivity index (χ1v) is 11.9. The summed E-state index contributed by atoms with van der Waals surface area (Å²) >= 11 is 6.21. The maximum atomic E-state index is 13.4. The molecule has 3 aromatic carbocycles. The molecule has 0 bridgehead atoms. The van der Waals surface area contributed by atoms with Crippen molar-refractivity contribution >= 4 is 38.8 Å². The monoisotopic (exact) mass is 486 g/mol. The number of carbonyl (C=O) groups excluding carboxylic acids is 1. The van der Waals surface area contributed by atoms with Crippen LogP contribution in [0.1, 0.15) is 11.1 Å². The minimum Gasteiger partial charge on any atom is -0.492 e. The van der Waals surface area contributed by atoms with E-state index in [-0.39, 0.29) is 29.4 Å². The van der Waals surface area contributed by atoms with Gasteiger partial charge in [-0.2, -0.15) is 0 Å². The predicted molar refractivity (Wildman–Crippen MR) is 126 cm³/mol. The van der Waals surface area contributed by atoms with Crippen molar-refractivity contribution in [1.29, 1.82) is 0 Å². The topological polar surface area (TPSA) is 75.7 Å². The molecule has 170 valence electrons. The highest BCUT2D eigenvalue weighted by atomic mass is 35.5. The van der Waals surface area contributed by atoms with Crippen LogP contribution >= 0.6 is 11.6 Å². The molecule has 9 heteroatoms. The quantitative estimate of drug-likeness (QED) is 0.529. The molecule has 0 fully saturated rings. The second-order valence-electron chi connectivity index (χ2n) is 7.26. The SMILES string of the molecule is CN1c2ccc(Cl)cc2C(c2ccccc2)=C(C(=O)NCCOc2ccc(F)cc2)S1(=O)=O. The third kappa shape index (κ3) is 4.58. The Balaban J connectivity index is 1.68. The van der Waals surface area contributed by atoms with Crippen molar-refractivity contribution in [2.45, 2.75) is 0 Å². The van der Waals surface area contributed by atoms with Crippen LogP contribution in [0.3, 0.4) is 0 Å². The average molecular weight is 487 g/mol. The highest BCUT2D eigenvalue weighted by Gasteiger charge is 2.39. The highest BCUT2D eigenvalue weighted by Crippen LogP contribution is 2.43. The van der Waals surface area contributed by atoms with E-state index >= 15 is 0 Å². The van der Waals surface area contributed by atoms with Gasteiger partial charge in [-0.05, 0) is 48.0 Å². The van der Waals surface area contributed by atoms with Crippen molar-refractivity contribution in [2.75, 3.05) is 24.5 Å². The lowest BCUT2D eigenvalue weighted by atomic mass is 9.95. The Labute approximate surface area is 196 Å². The largest absolute Gasteiger partial charge is 0.492 e. The lowest BCUT2D eigenvalue weighted by Gasteiger charge is -2.31. The zero-order valence-electron chi connectivity index (χ0n) is 17.6. The van der Waals surface area contributed by atoms with Crippen LogP contribution in [0.2, 0.25) is 5.02 Å². The van der Waals surface area contributed by atoms with Crippen molar-refractivity contribution in [2.24, 2.45) is 0 Å². The summed E-state index contributed by atoms with van der Waals surface area (Å²) in [6, 6.07) is 19.1. The lowest BCUT2D eigenvalue weighted by Crippen LogP contribution is -2.40. The molecule has 1 N–H and O–H groups in total. The minimum absolute atomic E-state index is 0.0451. The molecule has 0 saturated heterocycles. The molecule has 4 rings (SSSR count).